The Morgan fingerprint density at radius 2 is 1.91 bits per heavy atom. The number of thioether (sulfide) groups is 1. The molecule has 0 spiro atoms. The second kappa shape index (κ2) is 13.1. The SMILES string of the molecule is CCCC(NC(=O)CSc1nc2cc(C(=O)OC)ccc2c(=O)n1CCCOC)c1ccccc1. The molecule has 0 fully saturated rings. The van der Waals surface area contributed by atoms with Crippen LogP contribution in [0.1, 0.15) is 48.1 Å². The van der Waals surface area contributed by atoms with Gasteiger partial charge < -0.3 is 14.8 Å². The number of methoxy groups -OCH3 is 2. The Morgan fingerprint density at radius 3 is 2.60 bits per heavy atom. The fraction of sp³-hybridized carbons (Fsp3) is 0.385. The lowest BCUT2D eigenvalue weighted by molar-refractivity contribution is -0.119. The van der Waals surface area contributed by atoms with Crippen molar-refractivity contribution in [1.29, 1.82) is 0 Å². The molecule has 1 unspecified atom stereocenters. The van der Waals surface area contributed by atoms with Gasteiger partial charge in [-0.05, 0) is 36.6 Å². The number of hydrogen-bond acceptors (Lipinski definition) is 7. The molecule has 2 aromatic carbocycles. The Hall–Kier alpha value is -3.17. The summed E-state index contributed by atoms with van der Waals surface area (Å²) in [7, 11) is 2.91. The number of nitrogens with one attached hydrogen (secondary N) is 1. The van der Waals surface area contributed by atoms with Crippen LogP contribution < -0.4 is 10.9 Å². The van der Waals surface area contributed by atoms with Gasteiger partial charge in [0.05, 0.1) is 35.4 Å². The molecule has 0 aliphatic carbocycles. The number of carbonyl (C=O) groups excluding carboxylic acids is 2. The lowest BCUT2D eigenvalue weighted by atomic mass is 10.0. The number of fused-ring (bicyclic) bond motifs is 1. The molecule has 0 saturated carbocycles. The maximum atomic E-state index is 13.2. The van der Waals surface area contributed by atoms with Crippen LogP contribution in [0, 0.1) is 0 Å². The molecule has 3 aromatic rings. The number of rotatable bonds is 12. The first-order valence-electron chi connectivity index (χ1n) is 11.6. The molecule has 1 amide bonds. The van der Waals surface area contributed by atoms with E-state index in [0.29, 0.717) is 41.2 Å². The Kier molecular flexibility index (Phi) is 9.86. The first-order chi connectivity index (χ1) is 17.0. The van der Waals surface area contributed by atoms with Gasteiger partial charge >= 0.3 is 5.97 Å². The molecular formula is C26H31N3O5S. The number of carbonyl (C=O) groups is 2. The molecule has 0 radical (unpaired) electrons. The molecule has 9 heteroatoms. The zero-order valence-electron chi connectivity index (χ0n) is 20.3. The van der Waals surface area contributed by atoms with Gasteiger partial charge in [0.25, 0.3) is 5.56 Å². The van der Waals surface area contributed by atoms with E-state index in [0.717, 1.165) is 18.4 Å². The molecule has 0 aliphatic rings. The molecular weight excluding hydrogens is 466 g/mol. The molecule has 1 aromatic heterocycles. The molecule has 0 bridgehead atoms. The smallest absolute Gasteiger partial charge is 0.337 e. The number of nitrogens with zero attached hydrogens (tertiary/aromatic N) is 2. The Balaban J connectivity index is 1.85. The summed E-state index contributed by atoms with van der Waals surface area (Å²) in [6.45, 7) is 2.98. The van der Waals surface area contributed by atoms with Crippen molar-refractivity contribution in [2.75, 3.05) is 26.6 Å². The van der Waals surface area contributed by atoms with Gasteiger partial charge in [-0.2, -0.15) is 0 Å². The second-order valence-electron chi connectivity index (χ2n) is 8.03. The maximum absolute atomic E-state index is 13.2. The van der Waals surface area contributed by atoms with Crippen molar-refractivity contribution in [3.05, 3.63) is 70.0 Å². The number of amides is 1. The number of hydrogen-bond donors (Lipinski definition) is 1. The van der Waals surface area contributed by atoms with Gasteiger partial charge in [0, 0.05) is 20.3 Å². The van der Waals surface area contributed by atoms with Gasteiger partial charge in [0.2, 0.25) is 5.91 Å². The normalized spacial score (nSPS) is 11.9. The molecule has 1 heterocycles. The third kappa shape index (κ3) is 6.93. The standard InChI is InChI=1S/C26H31N3O5S/c1-4-9-21(18-10-6-5-7-11-18)27-23(30)17-35-26-28-22-16-19(25(32)34-3)12-13-20(22)24(31)29(26)14-8-15-33-2/h5-7,10-13,16,21H,4,8-9,14-15,17H2,1-3H3,(H,27,30). The van der Waals surface area contributed by atoms with Crippen molar-refractivity contribution in [2.45, 2.75) is 43.9 Å². The van der Waals surface area contributed by atoms with Crippen LogP contribution in [0.25, 0.3) is 10.9 Å². The third-order valence-corrected chi connectivity index (χ3v) is 6.49. The summed E-state index contributed by atoms with van der Waals surface area (Å²) in [5, 5.41) is 3.92. The van der Waals surface area contributed by atoms with Crippen LogP contribution >= 0.6 is 11.8 Å². The van der Waals surface area contributed by atoms with E-state index in [4.69, 9.17) is 9.47 Å². The van der Waals surface area contributed by atoms with Crippen LogP contribution in [0.2, 0.25) is 0 Å². The van der Waals surface area contributed by atoms with Gasteiger partial charge in [0.15, 0.2) is 5.16 Å². The van der Waals surface area contributed by atoms with Crippen molar-refractivity contribution in [1.82, 2.24) is 14.9 Å². The summed E-state index contributed by atoms with van der Waals surface area (Å²) in [4.78, 5) is 42.7. The predicted molar refractivity (Wildman–Crippen MR) is 137 cm³/mol. The predicted octanol–water partition coefficient (Wildman–Crippen LogP) is 3.97. The molecule has 3 rings (SSSR count). The minimum Gasteiger partial charge on any atom is -0.465 e. The molecule has 1 N–H and O–H groups in total. The lowest BCUT2D eigenvalue weighted by Gasteiger charge is -2.19. The minimum atomic E-state index is -0.505. The van der Waals surface area contributed by atoms with Gasteiger partial charge in [-0.1, -0.05) is 55.4 Å². The van der Waals surface area contributed by atoms with Crippen LogP contribution in [-0.2, 0) is 20.8 Å². The van der Waals surface area contributed by atoms with Crippen molar-refractivity contribution in [3.63, 3.8) is 0 Å². The molecule has 35 heavy (non-hydrogen) atoms. The van der Waals surface area contributed by atoms with E-state index in [9.17, 15) is 14.4 Å². The summed E-state index contributed by atoms with van der Waals surface area (Å²) >= 11 is 1.20. The van der Waals surface area contributed by atoms with E-state index in [1.807, 2.05) is 30.3 Å². The van der Waals surface area contributed by atoms with Crippen LogP contribution in [0.4, 0.5) is 0 Å². The number of ether oxygens (including phenoxy) is 2. The molecule has 186 valence electrons. The fourth-order valence-electron chi connectivity index (χ4n) is 3.78. The summed E-state index contributed by atoms with van der Waals surface area (Å²) < 4.78 is 11.5. The maximum Gasteiger partial charge on any atom is 0.337 e. The summed E-state index contributed by atoms with van der Waals surface area (Å²) in [6.07, 6.45) is 2.38. The number of aromatic nitrogens is 2. The quantitative estimate of drug-likeness (QED) is 0.175. The first kappa shape index (κ1) is 26.4. The Morgan fingerprint density at radius 1 is 1.14 bits per heavy atom. The number of esters is 1. The van der Waals surface area contributed by atoms with Crippen LogP contribution in [0.5, 0.6) is 0 Å². The fourth-order valence-corrected chi connectivity index (χ4v) is 4.62. The molecule has 1 atom stereocenters. The van der Waals surface area contributed by atoms with E-state index in [2.05, 4.69) is 17.2 Å². The van der Waals surface area contributed by atoms with Gasteiger partial charge in [-0.25, -0.2) is 9.78 Å². The van der Waals surface area contributed by atoms with E-state index in [1.54, 1.807) is 29.9 Å². The highest BCUT2D eigenvalue weighted by Gasteiger charge is 2.17. The summed E-state index contributed by atoms with van der Waals surface area (Å²) in [5.41, 5.74) is 1.53. The van der Waals surface area contributed by atoms with Gasteiger partial charge in [-0.15, -0.1) is 0 Å². The molecule has 0 aliphatic heterocycles. The van der Waals surface area contributed by atoms with Crippen LogP contribution in [0.3, 0.4) is 0 Å². The van der Waals surface area contributed by atoms with Crippen molar-refractivity contribution in [3.8, 4) is 0 Å². The highest BCUT2D eigenvalue weighted by atomic mass is 32.2. The van der Waals surface area contributed by atoms with Gasteiger partial charge in [-0.3, -0.25) is 14.2 Å². The van der Waals surface area contributed by atoms with E-state index in [-0.39, 0.29) is 23.3 Å². The summed E-state index contributed by atoms with van der Waals surface area (Å²) in [5.74, 6) is -0.542. The zero-order valence-corrected chi connectivity index (χ0v) is 21.1. The van der Waals surface area contributed by atoms with E-state index >= 15 is 0 Å². The minimum absolute atomic E-state index is 0.0784. The monoisotopic (exact) mass is 497 g/mol. The van der Waals surface area contributed by atoms with Crippen LogP contribution in [-0.4, -0.2) is 48.0 Å². The third-order valence-electron chi connectivity index (χ3n) is 5.52. The largest absolute Gasteiger partial charge is 0.465 e. The average Bonchev–Trinajstić information content (AvgIpc) is 2.88. The zero-order chi connectivity index (χ0) is 25.2. The average molecular weight is 498 g/mol. The van der Waals surface area contributed by atoms with Crippen molar-refractivity contribution in [2.24, 2.45) is 0 Å². The topological polar surface area (TPSA) is 99.5 Å². The lowest BCUT2D eigenvalue weighted by Crippen LogP contribution is -2.30. The van der Waals surface area contributed by atoms with Crippen LogP contribution in [0.15, 0.2) is 58.5 Å². The van der Waals surface area contributed by atoms with Gasteiger partial charge in [0.1, 0.15) is 0 Å². The highest BCUT2D eigenvalue weighted by Crippen LogP contribution is 2.22. The molecule has 8 nitrogen and oxygen atoms in total. The highest BCUT2D eigenvalue weighted by molar-refractivity contribution is 7.99. The first-order valence-corrected chi connectivity index (χ1v) is 12.6. The number of benzene rings is 2. The van der Waals surface area contributed by atoms with Crippen molar-refractivity contribution >= 4 is 34.5 Å². The second-order valence-corrected chi connectivity index (χ2v) is 8.97. The molecule has 0 saturated heterocycles. The Bertz CT molecular complexity index is 1210. The van der Waals surface area contributed by atoms with E-state index < -0.39 is 5.97 Å². The summed E-state index contributed by atoms with van der Waals surface area (Å²) in [6, 6.07) is 14.5. The van der Waals surface area contributed by atoms with Crippen molar-refractivity contribution < 1.29 is 19.1 Å². The Labute approximate surface area is 209 Å². The van der Waals surface area contributed by atoms with E-state index in [1.165, 1.54) is 18.9 Å².